The van der Waals surface area contributed by atoms with Crippen molar-refractivity contribution in [3.8, 4) is 11.3 Å². The first-order chi connectivity index (χ1) is 13.2. The number of nitrogens with one attached hydrogen (secondary N) is 2. The molecule has 2 aromatic carbocycles. The number of benzene rings is 2. The van der Waals surface area contributed by atoms with Crippen LogP contribution in [0.5, 0.6) is 0 Å². The summed E-state index contributed by atoms with van der Waals surface area (Å²) in [7, 11) is 0. The van der Waals surface area contributed by atoms with Crippen molar-refractivity contribution < 1.29 is 4.79 Å². The molecule has 4 aromatic rings. The van der Waals surface area contributed by atoms with E-state index in [9.17, 15) is 4.79 Å². The number of aromatic amines is 1. The Balaban J connectivity index is 1.50. The van der Waals surface area contributed by atoms with Gasteiger partial charge in [-0.2, -0.15) is 5.10 Å². The van der Waals surface area contributed by atoms with E-state index in [-0.39, 0.29) is 5.91 Å². The summed E-state index contributed by atoms with van der Waals surface area (Å²) < 4.78 is 0. The number of H-pyrrole nitrogens is 1. The molecule has 0 radical (unpaired) electrons. The summed E-state index contributed by atoms with van der Waals surface area (Å²) in [5.41, 5.74) is 4.34. The van der Waals surface area contributed by atoms with Crippen LogP contribution in [0.25, 0.3) is 22.2 Å². The lowest BCUT2D eigenvalue weighted by molar-refractivity contribution is 0.0954. The molecule has 0 atom stereocenters. The normalized spacial score (nSPS) is 10.9. The summed E-state index contributed by atoms with van der Waals surface area (Å²) >= 11 is 5.99. The topological polar surface area (TPSA) is 70.7 Å². The second kappa shape index (κ2) is 7.60. The van der Waals surface area contributed by atoms with E-state index >= 15 is 0 Å². The van der Waals surface area contributed by atoms with Gasteiger partial charge in [0.25, 0.3) is 5.91 Å². The van der Waals surface area contributed by atoms with Gasteiger partial charge >= 0.3 is 0 Å². The van der Waals surface area contributed by atoms with Gasteiger partial charge in [0.05, 0.1) is 5.52 Å². The SMILES string of the molecule is O=C(NCCc1cccc(Cl)c1)c1ccc2[nH]nc(-c3ccncc3)c2c1. The van der Waals surface area contributed by atoms with Gasteiger partial charge in [0, 0.05) is 40.5 Å². The van der Waals surface area contributed by atoms with Gasteiger partial charge in [-0.05, 0) is 54.4 Å². The fourth-order valence-corrected chi connectivity index (χ4v) is 3.21. The molecule has 2 heterocycles. The second-order valence-corrected chi connectivity index (χ2v) is 6.64. The number of nitrogens with zero attached hydrogens (tertiary/aromatic N) is 2. The molecule has 0 fully saturated rings. The van der Waals surface area contributed by atoms with Crippen molar-refractivity contribution in [3.63, 3.8) is 0 Å². The molecule has 1 amide bonds. The number of halogens is 1. The Morgan fingerprint density at radius 2 is 1.93 bits per heavy atom. The van der Waals surface area contributed by atoms with Crippen LogP contribution in [0.4, 0.5) is 0 Å². The van der Waals surface area contributed by atoms with Crippen molar-refractivity contribution in [2.75, 3.05) is 6.54 Å². The molecule has 6 heteroatoms. The molecular formula is C21H17ClN4O. The van der Waals surface area contributed by atoms with Crippen molar-refractivity contribution >= 4 is 28.4 Å². The number of carbonyl (C=O) groups is 1. The first-order valence-electron chi connectivity index (χ1n) is 8.62. The molecule has 0 aliphatic carbocycles. The third-order valence-corrected chi connectivity index (χ3v) is 4.60. The quantitative estimate of drug-likeness (QED) is 0.547. The molecule has 5 nitrogen and oxygen atoms in total. The van der Waals surface area contributed by atoms with Crippen molar-refractivity contribution in [2.24, 2.45) is 0 Å². The maximum absolute atomic E-state index is 12.5. The van der Waals surface area contributed by atoms with Crippen LogP contribution >= 0.6 is 11.6 Å². The predicted octanol–water partition coefficient (Wildman–Crippen LogP) is 4.25. The molecule has 0 saturated heterocycles. The number of pyridine rings is 1. The van der Waals surface area contributed by atoms with Crippen molar-refractivity contribution in [1.29, 1.82) is 0 Å². The first kappa shape index (κ1) is 17.2. The average Bonchev–Trinajstić information content (AvgIpc) is 3.12. The zero-order valence-corrected chi connectivity index (χ0v) is 15.2. The average molecular weight is 377 g/mol. The third-order valence-electron chi connectivity index (χ3n) is 4.37. The highest BCUT2D eigenvalue weighted by Crippen LogP contribution is 2.26. The number of hydrogen-bond donors (Lipinski definition) is 2. The Bertz CT molecular complexity index is 1090. The Labute approximate surface area is 161 Å². The van der Waals surface area contributed by atoms with Gasteiger partial charge in [-0.15, -0.1) is 0 Å². The van der Waals surface area contributed by atoms with E-state index in [1.807, 2.05) is 48.5 Å². The Morgan fingerprint density at radius 3 is 2.74 bits per heavy atom. The molecule has 0 saturated carbocycles. The van der Waals surface area contributed by atoms with Gasteiger partial charge in [0.2, 0.25) is 0 Å². The highest BCUT2D eigenvalue weighted by Gasteiger charge is 2.12. The highest BCUT2D eigenvalue weighted by atomic mass is 35.5. The van der Waals surface area contributed by atoms with E-state index in [1.54, 1.807) is 18.5 Å². The van der Waals surface area contributed by atoms with Crippen LogP contribution in [0.3, 0.4) is 0 Å². The lowest BCUT2D eigenvalue weighted by Gasteiger charge is -2.06. The van der Waals surface area contributed by atoms with E-state index < -0.39 is 0 Å². The molecule has 0 unspecified atom stereocenters. The molecule has 0 aliphatic heterocycles. The van der Waals surface area contributed by atoms with Crippen LogP contribution < -0.4 is 5.32 Å². The summed E-state index contributed by atoms with van der Waals surface area (Å²) in [4.78, 5) is 16.6. The smallest absolute Gasteiger partial charge is 0.251 e. The minimum absolute atomic E-state index is 0.110. The van der Waals surface area contributed by atoms with Crippen molar-refractivity contribution in [2.45, 2.75) is 6.42 Å². The minimum Gasteiger partial charge on any atom is -0.352 e. The van der Waals surface area contributed by atoms with Gasteiger partial charge in [0.15, 0.2) is 0 Å². The molecule has 2 N–H and O–H groups in total. The van der Waals surface area contributed by atoms with Crippen LogP contribution in [0.1, 0.15) is 15.9 Å². The number of aromatic nitrogens is 3. The number of fused-ring (bicyclic) bond motifs is 1. The fourth-order valence-electron chi connectivity index (χ4n) is 3.00. The van der Waals surface area contributed by atoms with Crippen LogP contribution in [-0.4, -0.2) is 27.6 Å². The zero-order chi connectivity index (χ0) is 18.6. The number of rotatable bonds is 5. The minimum atomic E-state index is -0.110. The van der Waals surface area contributed by atoms with E-state index in [1.165, 1.54) is 0 Å². The summed E-state index contributed by atoms with van der Waals surface area (Å²) in [6, 6.07) is 17.0. The number of amides is 1. The zero-order valence-electron chi connectivity index (χ0n) is 14.4. The summed E-state index contributed by atoms with van der Waals surface area (Å²) in [5, 5.41) is 12.0. The lowest BCUT2D eigenvalue weighted by atomic mass is 10.1. The highest BCUT2D eigenvalue weighted by molar-refractivity contribution is 6.30. The summed E-state index contributed by atoms with van der Waals surface area (Å²) in [6.45, 7) is 0.541. The van der Waals surface area contributed by atoms with Crippen LogP contribution in [-0.2, 0) is 6.42 Å². The molecule has 4 rings (SSSR count). The maximum Gasteiger partial charge on any atom is 0.251 e. The van der Waals surface area contributed by atoms with Crippen LogP contribution in [0, 0.1) is 0 Å². The van der Waals surface area contributed by atoms with Gasteiger partial charge in [0.1, 0.15) is 5.69 Å². The molecule has 0 bridgehead atoms. The Kier molecular flexibility index (Phi) is 4.85. The molecular weight excluding hydrogens is 360 g/mol. The predicted molar refractivity (Wildman–Crippen MR) is 107 cm³/mol. The van der Waals surface area contributed by atoms with E-state index in [0.29, 0.717) is 17.1 Å². The van der Waals surface area contributed by atoms with Gasteiger partial charge in [-0.25, -0.2) is 0 Å². The Morgan fingerprint density at radius 1 is 1.07 bits per heavy atom. The van der Waals surface area contributed by atoms with Gasteiger partial charge in [-0.3, -0.25) is 14.9 Å². The molecule has 134 valence electrons. The Hall–Kier alpha value is -3.18. The lowest BCUT2D eigenvalue weighted by Crippen LogP contribution is -2.25. The van der Waals surface area contributed by atoms with Crippen LogP contribution in [0.15, 0.2) is 67.0 Å². The standard InChI is InChI=1S/C21H17ClN4O/c22-17-3-1-2-14(12-17)6-11-24-21(27)16-4-5-19-18(13-16)20(26-25-19)15-7-9-23-10-8-15/h1-5,7-10,12-13H,6,11H2,(H,24,27)(H,25,26). The number of hydrogen-bond acceptors (Lipinski definition) is 3. The maximum atomic E-state index is 12.5. The summed E-state index contributed by atoms with van der Waals surface area (Å²) in [5.74, 6) is -0.110. The molecule has 2 aromatic heterocycles. The van der Waals surface area contributed by atoms with E-state index in [4.69, 9.17) is 11.6 Å². The largest absolute Gasteiger partial charge is 0.352 e. The van der Waals surface area contributed by atoms with Crippen molar-refractivity contribution in [3.05, 3.63) is 83.1 Å². The van der Waals surface area contributed by atoms with Crippen LogP contribution in [0.2, 0.25) is 5.02 Å². The fraction of sp³-hybridized carbons (Fsp3) is 0.0952. The second-order valence-electron chi connectivity index (χ2n) is 6.20. The van der Waals surface area contributed by atoms with E-state index in [2.05, 4.69) is 20.5 Å². The van der Waals surface area contributed by atoms with E-state index in [0.717, 1.165) is 34.1 Å². The van der Waals surface area contributed by atoms with Crippen molar-refractivity contribution in [1.82, 2.24) is 20.5 Å². The molecule has 27 heavy (non-hydrogen) atoms. The summed E-state index contributed by atoms with van der Waals surface area (Å²) in [6.07, 6.45) is 4.17. The number of carbonyl (C=O) groups excluding carboxylic acids is 1. The first-order valence-corrected chi connectivity index (χ1v) is 9.00. The molecule has 0 spiro atoms. The monoisotopic (exact) mass is 376 g/mol. The van der Waals surface area contributed by atoms with Gasteiger partial charge < -0.3 is 5.32 Å². The van der Waals surface area contributed by atoms with Gasteiger partial charge in [-0.1, -0.05) is 23.7 Å². The third kappa shape index (κ3) is 3.83. The molecule has 0 aliphatic rings.